The Morgan fingerprint density at radius 1 is 1.33 bits per heavy atom. The predicted molar refractivity (Wildman–Crippen MR) is 68.2 cm³/mol. The molecule has 0 unspecified atom stereocenters. The van der Waals surface area contributed by atoms with E-state index in [0.29, 0.717) is 22.2 Å². The van der Waals surface area contributed by atoms with Crippen LogP contribution < -0.4 is 4.72 Å². The van der Waals surface area contributed by atoms with E-state index in [1.807, 2.05) is 0 Å². The van der Waals surface area contributed by atoms with Crippen LogP contribution in [0.3, 0.4) is 0 Å². The fourth-order valence-electron chi connectivity index (χ4n) is 1.46. The number of aromatic nitrogens is 1. The van der Waals surface area contributed by atoms with Crippen LogP contribution in [-0.4, -0.2) is 13.6 Å². The summed E-state index contributed by atoms with van der Waals surface area (Å²) in [4.78, 5) is 0.0926. The number of aryl methyl sites for hydroxylation is 2. The SMILES string of the molecule is Cc1noc(C)c1NS(=O)(=O)c1cccc(Cl)c1. The lowest BCUT2D eigenvalue weighted by atomic mass is 10.3. The fourth-order valence-corrected chi connectivity index (χ4v) is 2.93. The summed E-state index contributed by atoms with van der Waals surface area (Å²) in [6, 6.07) is 6.02. The number of hydrogen-bond donors (Lipinski definition) is 1. The average Bonchev–Trinajstić information content (AvgIpc) is 2.60. The van der Waals surface area contributed by atoms with E-state index in [-0.39, 0.29) is 4.90 Å². The van der Waals surface area contributed by atoms with Gasteiger partial charge in [-0.05, 0) is 32.0 Å². The zero-order chi connectivity index (χ0) is 13.3. The highest BCUT2D eigenvalue weighted by atomic mass is 35.5. The normalized spacial score (nSPS) is 11.5. The Kier molecular flexibility index (Phi) is 3.32. The van der Waals surface area contributed by atoms with E-state index in [0.717, 1.165) is 0 Å². The van der Waals surface area contributed by atoms with Crippen molar-refractivity contribution in [2.45, 2.75) is 18.7 Å². The molecule has 0 radical (unpaired) electrons. The van der Waals surface area contributed by atoms with Gasteiger partial charge in [0.25, 0.3) is 10.0 Å². The largest absolute Gasteiger partial charge is 0.359 e. The summed E-state index contributed by atoms with van der Waals surface area (Å²) in [6.45, 7) is 3.29. The third kappa shape index (κ3) is 2.49. The lowest BCUT2D eigenvalue weighted by Crippen LogP contribution is -2.13. The van der Waals surface area contributed by atoms with Crippen LogP contribution in [-0.2, 0) is 10.0 Å². The number of hydrogen-bond acceptors (Lipinski definition) is 4. The number of halogens is 1. The van der Waals surface area contributed by atoms with Crippen molar-refractivity contribution in [3.8, 4) is 0 Å². The minimum Gasteiger partial charge on any atom is -0.359 e. The van der Waals surface area contributed by atoms with Crippen molar-refractivity contribution in [1.29, 1.82) is 0 Å². The van der Waals surface area contributed by atoms with E-state index in [2.05, 4.69) is 9.88 Å². The molecule has 0 saturated heterocycles. The highest BCUT2D eigenvalue weighted by molar-refractivity contribution is 7.92. The molecule has 0 bridgehead atoms. The first kappa shape index (κ1) is 12.9. The maximum Gasteiger partial charge on any atom is 0.262 e. The van der Waals surface area contributed by atoms with Gasteiger partial charge in [-0.15, -0.1) is 0 Å². The van der Waals surface area contributed by atoms with E-state index < -0.39 is 10.0 Å². The Morgan fingerprint density at radius 3 is 2.61 bits per heavy atom. The molecule has 0 aliphatic rings. The van der Waals surface area contributed by atoms with E-state index in [9.17, 15) is 8.42 Å². The Balaban J connectivity index is 2.39. The molecule has 2 rings (SSSR count). The van der Waals surface area contributed by atoms with Crippen molar-refractivity contribution in [2.24, 2.45) is 0 Å². The molecule has 0 saturated carbocycles. The lowest BCUT2D eigenvalue weighted by Gasteiger charge is -2.07. The summed E-state index contributed by atoms with van der Waals surface area (Å²) in [5.74, 6) is 0.415. The van der Waals surface area contributed by atoms with Crippen LogP contribution in [0.5, 0.6) is 0 Å². The highest BCUT2D eigenvalue weighted by Crippen LogP contribution is 2.23. The van der Waals surface area contributed by atoms with E-state index in [4.69, 9.17) is 16.1 Å². The van der Waals surface area contributed by atoms with Gasteiger partial charge in [-0.25, -0.2) is 8.42 Å². The van der Waals surface area contributed by atoms with E-state index in [1.54, 1.807) is 26.0 Å². The minimum atomic E-state index is -3.69. The molecule has 5 nitrogen and oxygen atoms in total. The molecule has 1 aromatic heterocycles. The van der Waals surface area contributed by atoms with Crippen LogP contribution in [0, 0.1) is 13.8 Å². The number of nitrogens with zero attached hydrogens (tertiary/aromatic N) is 1. The third-order valence-electron chi connectivity index (χ3n) is 2.38. The molecule has 1 heterocycles. The second-order valence-corrected chi connectivity index (χ2v) is 5.88. The van der Waals surface area contributed by atoms with Gasteiger partial charge in [0, 0.05) is 5.02 Å². The van der Waals surface area contributed by atoms with Crippen LogP contribution in [0.15, 0.2) is 33.7 Å². The first-order valence-electron chi connectivity index (χ1n) is 5.11. The molecular formula is C11H11ClN2O3S. The summed E-state index contributed by atoms with van der Waals surface area (Å²) in [5.41, 5.74) is 0.841. The van der Waals surface area contributed by atoms with Gasteiger partial charge >= 0.3 is 0 Å². The molecule has 2 aromatic rings. The first-order valence-corrected chi connectivity index (χ1v) is 6.97. The Morgan fingerprint density at radius 2 is 2.06 bits per heavy atom. The van der Waals surface area contributed by atoms with Crippen molar-refractivity contribution in [3.63, 3.8) is 0 Å². The fraction of sp³-hybridized carbons (Fsp3) is 0.182. The summed E-state index contributed by atoms with van der Waals surface area (Å²) >= 11 is 5.77. The molecular weight excluding hydrogens is 276 g/mol. The Bertz CT molecular complexity index is 660. The average molecular weight is 287 g/mol. The molecule has 7 heteroatoms. The third-order valence-corrected chi connectivity index (χ3v) is 3.96. The summed E-state index contributed by atoms with van der Waals surface area (Å²) in [5, 5.41) is 4.04. The maximum atomic E-state index is 12.1. The van der Waals surface area contributed by atoms with Crippen molar-refractivity contribution >= 4 is 27.3 Å². The quantitative estimate of drug-likeness (QED) is 0.941. The van der Waals surface area contributed by atoms with E-state index >= 15 is 0 Å². The van der Waals surface area contributed by atoms with Crippen molar-refractivity contribution in [2.75, 3.05) is 4.72 Å². The van der Waals surface area contributed by atoms with Gasteiger partial charge in [0.1, 0.15) is 11.4 Å². The number of sulfonamides is 1. The van der Waals surface area contributed by atoms with Gasteiger partial charge in [-0.2, -0.15) is 0 Å². The van der Waals surface area contributed by atoms with Crippen molar-refractivity contribution < 1.29 is 12.9 Å². The molecule has 0 aliphatic heterocycles. The molecule has 0 fully saturated rings. The zero-order valence-electron chi connectivity index (χ0n) is 9.77. The monoisotopic (exact) mass is 286 g/mol. The maximum absolute atomic E-state index is 12.1. The Labute approximate surface area is 110 Å². The van der Waals surface area contributed by atoms with Crippen LogP contribution in [0.2, 0.25) is 5.02 Å². The molecule has 18 heavy (non-hydrogen) atoms. The first-order chi connectivity index (χ1) is 8.40. The van der Waals surface area contributed by atoms with Crippen LogP contribution in [0.25, 0.3) is 0 Å². The van der Waals surface area contributed by atoms with Gasteiger partial charge in [0.2, 0.25) is 0 Å². The second kappa shape index (κ2) is 4.62. The van der Waals surface area contributed by atoms with Gasteiger partial charge in [-0.1, -0.05) is 22.8 Å². The lowest BCUT2D eigenvalue weighted by molar-refractivity contribution is 0.393. The van der Waals surface area contributed by atoms with Gasteiger partial charge in [0.05, 0.1) is 4.90 Å². The standard InChI is InChI=1S/C11H11ClN2O3S/c1-7-11(8(2)17-13-7)14-18(15,16)10-5-3-4-9(12)6-10/h3-6,14H,1-2H3. The van der Waals surface area contributed by atoms with Crippen LogP contribution >= 0.6 is 11.6 Å². The smallest absolute Gasteiger partial charge is 0.262 e. The van der Waals surface area contributed by atoms with Gasteiger partial charge in [0.15, 0.2) is 5.76 Å². The predicted octanol–water partition coefficient (Wildman–Crippen LogP) is 2.75. The Hall–Kier alpha value is -1.53. The van der Waals surface area contributed by atoms with Crippen molar-refractivity contribution in [1.82, 2.24) is 5.16 Å². The molecule has 0 amide bonds. The van der Waals surface area contributed by atoms with Gasteiger partial charge < -0.3 is 4.52 Å². The molecule has 0 atom stereocenters. The molecule has 96 valence electrons. The minimum absolute atomic E-state index is 0.0926. The molecule has 1 N–H and O–H groups in total. The van der Waals surface area contributed by atoms with Crippen LogP contribution in [0.1, 0.15) is 11.5 Å². The number of anilines is 1. The summed E-state index contributed by atoms with van der Waals surface area (Å²) < 4.78 is 31.6. The topological polar surface area (TPSA) is 72.2 Å². The number of nitrogens with one attached hydrogen (secondary N) is 1. The highest BCUT2D eigenvalue weighted by Gasteiger charge is 2.19. The van der Waals surface area contributed by atoms with Crippen LogP contribution in [0.4, 0.5) is 5.69 Å². The molecule has 1 aromatic carbocycles. The van der Waals surface area contributed by atoms with E-state index in [1.165, 1.54) is 12.1 Å². The molecule has 0 spiro atoms. The number of benzene rings is 1. The summed E-state index contributed by atoms with van der Waals surface area (Å²) in [6.07, 6.45) is 0. The second-order valence-electron chi connectivity index (χ2n) is 3.76. The number of rotatable bonds is 3. The van der Waals surface area contributed by atoms with Gasteiger partial charge in [-0.3, -0.25) is 4.72 Å². The molecule has 0 aliphatic carbocycles. The van der Waals surface area contributed by atoms with Crippen molar-refractivity contribution in [3.05, 3.63) is 40.7 Å². The zero-order valence-corrected chi connectivity index (χ0v) is 11.3. The summed E-state index contributed by atoms with van der Waals surface area (Å²) in [7, 11) is -3.69.